The summed E-state index contributed by atoms with van der Waals surface area (Å²) in [6.07, 6.45) is 5.84. The van der Waals surface area contributed by atoms with Gasteiger partial charge in [0.15, 0.2) is 5.79 Å². The Labute approximate surface area is 196 Å². The maximum absolute atomic E-state index is 13.8. The number of hydrogen-bond donors (Lipinski definition) is 1. The van der Waals surface area contributed by atoms with Crippen molar-refractivity contribution in [2.45, 2.75) is 70.1 Å². The van der Waals surface area contributed by atoms with Crippen molar-refractivity contribution < 1.29 is 24.2 Å². The second-order valence-electron chi connectivity index (χ2n) is 8.58. The van der Waals surface area contributed by atoms with E-state index in [1.165, 1.54) is 25.6 Å². The number of carbonyl (C=O) groups excluding carboxylic acids is 2. The van der Waals surface area contributed by atoms with Gasteiger partial charge in [0.2, 0.25) is 5.91 Å². The Morgan fingerprint density at radius 1 is 1.19 bits per heavy atom. The van der Waals surface area contributed by atoms with Gasteiger partial charge < -0.3 is 19.5 Å². The first-order valence-corrected chi connectivity index (χ1v) is 12.4. The third kappa shape index (κ3) is 5.51. The number of carbonyl (C=O) groups is 2. The molecule has 31 heavy (non-hydrogen) atoms. The molecule has 1 aromatic heterocycles. The standard InChI is InChI=1S/C23H30BrNO5S/c1-15-4-6-16(7-5-15)21(26)25(17-8-11-23(28,30-3)12-9-17)19-14-18(10-13-24)31-20(19)22(27)29-2/h14-17,28H,4-9,11-12H2,1-3H3. The van der Waals surface area contributed by atoms with E-state index in [-0.39, 0.29) is 17.9 Å². The lowest BCUT2D eigenvalue weighted by Gasteiger charge is -2.41. The molecular weight excluding hydrogens is 482 g/mol. The van der Waals surface area contributed by atoms with Gasteiger partial charge in [-0.05, 0) is 61.3 Å². The Hall–Kier alpha value is -1.40. The fourth-order valence-corrected chi connectivity index (χ4v) is 5.89. The van der Waals surface area contributed by atoms with Crippen LogP contribution in [0.1, 0.15) is 72.8 Å². The summed E-state index contributed by atoms with van der Waals surface area (Å²) >= 11 is 4.34. The van der Waals surface area contributed by atoms with E-state index in [0.29, 0.717) is 47.0 Å². The van der Waals surface area contributed by atoms with Crippen molar-refractivity contribution in [1.82, 2.24) is 0 Å². The fourth-order valence-electron chi connectivity index (χ4n) is 4.62. The van der Waals surface area contributed by atoms with Crippen molar-refractivity contribution in [2.75, 3.05) is 19.1 Å². The lowest BCUT2D eigenvalue weighted by Crippen LogP contribution is -2.49. The van der Waals surface area contributed by atoms with Crippen molar-refractivity contribution in [1.29, 1.82) is 0 Å². The Morgan fingerprint density at radius 2 is 1.84 bits per heavy atom. The van der Waals surface area contributed by atoms with Crippen molar-refractivity contribution in [3.8, 4) is 10.8 Å². The van der Waals surface area contributed by atoms with Gasteiger partial charge in [0.05, 0.1) is 17.7 Å². The number of rotatable bonds is 5. The number of thiophene rings is 1. The van der Waals surface area contributed by atoms with Crippen LogP contribution in [0.5, 0.6) is 0 Å². The molecule has 0 unspecified atom stereocenters. The SMILES string of the molecule is COC(=O)c1sc(C#CBr)cc1N(C(=O)C1CCC(C)CC1)C1CCC(O)(OC)CC1. The molecule has 2 fully saturated rings. The largest absolute Gasteiger partial charge is 0.465 e. The summed E-state index contributed by atoms with van der Waals surface area (Å²) in [5.41, 5.74) is 0.568. The van der Waals surface area contributed by atoms with Crippen LogP contribution in [0, 0.1) is 22.6 Å². The number of aliphatic hydroxyl groups is 1. The third-order valence-corrected chi connectivity index (χ3v) is 7.82. The first-order chi connectivity index (χ1) is 14.8. The molecule has 1 N–H and O–H groups in total. The lowest BCUT2D eigenvalue weighted by molar-refractivity contribution is -0.204. The highest BCUT2D eigenvalue weighted by atomic mass is 79.9. The molecule has 1 heterocycles. The third-order valence-electron chi connectivity index (χ3n) is 6.60. The number of hydrogen-bond acceptors (Lipinski definition) is 6. The molecule has 6 nitrogen and oxygen atoms in total. The number of anilines is 1. The van der Waals surface area contributed by atoms with E-state index in [1.54, 1.807) is 4.90 Å². The Balaban J connectivity index is 1.99. The summed E-state index contributed by atoms with van der Waals surface area (Å²) in [5.74, 6) is 1.94. The van der Waals surface area contributed by atoms with Crippen LogP contribution in [0.4, 0.5) is 5.69 Å². The number of methoxy groups -OCH3 is 2. The van der Waals surface area contributed by atoms with E-state index >= 15 is 0 Å². The second kappa shape index (κ2) is 10.5. The maximum Gasteiger partial charge on any atom is 0.350 e. The molecule has 0 bridgehead atoms. The van der Waals surface area contributed by atoms with E-state index in [2.05, 4.69) is 33.6 Å². The zero-order valence-corrected chi connectivity index (χ0v) is 20.7. The van der Waals surface area contributed by atoms with E-state index < -0.39 is 11.8 Å². The molecule has 8 heteroatoms. The summed E-state index contributed by atoms with van der Waals surface area (Å²) < 4.78 is 10.3. The number of ether oxygens (including phenoxy) is 2. The average molecular weight is 512 g/mol. The van der Waals surface area contributed by atoms with Crippen LogP contribution in [0.25, 0.3) is 0 Å². The number of nitrogens with zero attached hydrogens (tertiary/aromatic N) is 1. The minimum absolute atomic E-state index is 0.0565. The van der Waals surface area contributed by atoms with E-state index in [1.807, 2.05) is 6.07 Å². The summed E-state index contributed by atoms with van der Waals surface area (Å²) in [5, 5.41) is 10.5. The highest BCUT2D eigenvalue weighted by molar-refractivity contribution is 9.12. The molecular formula is C23H30BrNO5S. The van der Waals surface area contributed by atoms with Crippen molar-refractivity contribution in [2.24, 2.45) is 11.8 Å². The number of amides is 1. The van der Waals surface area contributed by atoms with Crippen LogP contribution in [0.3, 0.4) is 0 Å². The predicted octanol–water partition coefficient (Wildman–Crippen LogP) is 4.68. The van der Waals surface area contributed by atoms with Crippen molar-refractivity contribution in [3.63, 3.8) is 0 Å². The lowest BCUT2D eigenvalue weighted by atomic mass is 9.81. The average Bonchev–Trinajstić information content (AvgIpc) is 3.19. The van der Waals surface area contributed by atoms with Crippen LogP contribution in [0.2, 0.25) is 0 Å². The molecule has 0 aromatic carbocycles. The van der Waals surface area contributed by atoms with Gasteiger partial charge in [0.1, 0.15) is 4.88 Å². The molecule has 1 amide bonds. The molecule has 2 saturated carbocycles. The summed E-state index contributed by atoms with van der Waals surface area (Å²) in [6, 6.07) is 1.69. The molecule has 0 atom stereocenters. The molecule has 170 valence electrons. The molecule has 0 saturated heterocycles. The molecule has 2 aliphatic rings. The second-order valence-corrected chi connectivity index (χ2v) is 10.0. The summed E-state index contributed by atoms with van der Waals surface area (Å²) in [7, 11) is 2.85. The Bertz CT molecular complexity index is 857. The number of halogens is 1. The van der Waals surface area contributed by atoms with Crippen molar-refractivity contribution >= 4 is 44.8 Å². The predicted molar refractivity (Wildman–Crippen MR) is 124 cm³/mol. The van der Waals surface area contributed by atoms with E-state index in [4.69, 9.17) is 9.47 Å². The highest BCUT2D eigenvalue weighted by Gasteiger charge is 2.41. The van der Waals surface area contributed by atoms with Crippen LogP contribution >= 0.6 is 27.3 Å². The van der Waals surface area contributed by atoms with Crippen LogP contribution in [0.15, 0.2) is 6.07 Å². The van der Waals surface area contributed by atoms with Gasteiger partial charge in [-0.3, -0.25) is 4.79 Å². The minimum atomic E-state index is -1.15. The molecule has 3 rings (SSSR count). The van der Waals surface area contributed by atoms with Gasteiger partial charge in [-0.25, -0.2) is 4.79 Å². The van der Waals surface area contributed by atoms with Crippen LogP contribution < -0.4 is 4.90 Å². The van der Waals surface area contributed by atoms with Crippen LogP contribution in [-0.4, -0.2) is 43.0 Å². The molecule has 0 aliphatic heterocycles. The van der Waals surface area contributed by atoms with Crippen molar-refractivity contribution in [3.05, 3.63) is 15.8 Å². The minimum Gasteiger partial charge on any atom is -0.465 e. The van der Waals surface area contributed by atoms with Crippen LogP contribution in [-0.2, 0) is 14.3 Å². The van der Waals surface area contributed by atoms with E-state index in [9.17, 15) is 14.7 Å². The quantitative estimate of drug-likeness (QED) is 0.353. The zero-order valence-electron chi connectivity index (χ0n) is 18.3. The summed E-state index contributed by atoms with van der Waals surface area (Å²) in [6.45, 7) is 2.23. The monoisotopic (exact) mass is 511 g/mol. The topological polar surface area (TPSA) is 76.1 Å². The van der Waals surface area contributed by atoms with Gasteiger partial charge >= 0.3 is 5.97 Å². The Morgan fingerprint density at radius 3 is 2.39 bits per heavy atom. The maximum atomic E-state index is 13.8. The molecule has 1 aromatic rings. The van der Waals surface area contributed by atoms with Gasteiger partial charge in [0.25, 0.3) is 0 Å². The smallest absolute Gasteiger partial charge is 0.350 e. The first kappa shape index (κ1) is 24.2. The Kier molecular flexibility index (Phi) is 8.19. The van der Waals surface area contributed by atoms with Gasteiger partial charge in [-0.2, -0.15) is 0 Å². The van der Waals surface area contributed by atoms with Gasteiger partial charge in [-0.1, -0.05) is 6.92 Å². The van der Waals surface area contributed by atoms with Gasteiger partial charge in [-0.15, -0.1) is 11.3 Å². The number of esters is 1. The summed E-state index contributed by atoms with van der Waals surface area (Å²) in [4.78, 5) is 31.9. The highest BCUT2D eigenvalue weighted by Crippen LogP contribution is 2.40. The van der Waals surface area contributed by atoms with E-state index in [0.717, 1.165) is 25.7 Å². The molecule has 0 spiro atoms. The van der Waals surface area contributed by atoms with Gasteiger partial charge in [0, 0.05) is 47.8 Å². The fraction of sp³-hybridized carbons (Fsp3) is 0.652. The first-order valence-electron chi connectivity index (χ1n) is 10.8. The molecule has 2 aliphatic carbocycles. The normalized spacial score (nSPS) is 28.4. The zero-order chi connectivity index (χ0) is 22.6. The molecule has 0 radical (unpaired) electrons.